The summed E-state index contributed by atoms with van der Waals surface area (Å²) >= 11 is 0. The molecule has 9 heteroatoms. The zero-order valence-electron chi connectivity index (χ0n) is 17.5. The van der Waals surface area contributed by atoms with Crippen molar-refractivity contribution in [2.24, 2.45) is 0 Å². The summed E-state index contributed by atoms with van der Waals surface area (Å²) in [5.74, 6) is 0.0929. The van der Waals surface area contributed by atoms with Gasteiger partial charge in [0.25, 0.3) is 0 Å². The monoisotopic (exact) mass is 428 g/mol. The molecule has 31 heavy (non-hydrogen) atoms. The molecule has 4 rings (SSSR count). The first-order chi connectivity index (χ1) is 14.8. The number of cyclic esters (lactones) is 1. The van der Waals surface area contributed by atoms with E-state index >= 15 is 0 Å². The number of pyridine rings is 1. The largest absolute Gasteiger partial charge is 0.423 e. The van der Waals surface area contributed by atoms with Gasteiger partial charge in [-0.05, 0) is 43.2 Å². The van der Waals surface area contributed by atoms with Crippen LogP contribution in [-0.4, -0.2) is 66.0 Å². The Bertz CT molecular complexity index is 976. The molecule has 2 aliphatic rings. The Hall–Kier alpha value is -3.20. The van der Waals surface area contributed by atoms with Crippen molar-refractivity contribution in [1.29, 1.82) is 0 Å². The van der Waals surface area contributed by atoms with Crippen LogP contribution in [0.3, 0.4) is 0 Å². The fourth-order valence-corrected chi connectivity index (χ4v) is 3.80. The lowest BCUT2D eigenvalue weighted by molar-refractivity contribution is -0.134. The molecular formula is C22H25FN4O4. The van der Waals surface area contributed by atoms with Gasteiger partial charge in [0, 0.05) is 44.4 Å². The summed E-state index contributed by atoms with van der Waals surface area (Å²) in [6.45, 7) is 3.00. The van der Waals surface area contributed by atoms with Crippen LogP contribution in [0.25, 0.3) is 11.1 Å². The first-order valence-corrected chi connectivity index (χ1v) is 10.2. The first kappa shape index (κ1) is 21.0. The molecule has 8 nitrogen and oxygen atoms in total. The quantitative estimate of drug-likeness (QED) is 0.806. The van der Waals surface area contributed by atoms with Crippen LogP contribution in [0.5, 0.6) is 0 Å². The molecule has 0 aliphatic carbocycles. The average molecular weight is 428 g/mol. The number of rotatable bonds is 4. The van der Waals surface area contributed by atoms with E-state index in [0.29, 0.717) is 29.7 Å². The Labute approximate surface area is 179 Å². The molecule has 0 spiro atoms. The van der Waals surface area contributed by atoms with E-state index in [0.717, 1.165) is 18.9 Å². The van der Waals surface area contributed by atoms with Gasteiger partial charge in [-0.2, -0.15) is 0 Å². The fraction of sp³-hybridized carbons (Fsp3) is 0.409. The number of aromatic nitrogens is 1. The maximum Gasteiger partial charge on any atom is 0.416 e. The number of piperidine rings is 1. The van der Waals surface area contributed by atoms with E-state index < -0.39 is 18.1 Å². The summed E-state index contributed by atoms with van der Waals surface area (Å²) in [4.78, 5) is 32.9. The van der Waals surface area contributed by atoms with Gasteiger partial charge in [0.2, 0.25) is 5.91 Å². The molecule has 2 fully saturated rings. The van der Waals surface area contributed by atoms with Crippen molar-refractivity contribution in [2.45, 2.75) is 32.1 Å². The SMILES string of the molecule is CC(=O)N(C)[C@@H]1CN(c2ccc(-c3ccc(N4CCC(O)CC4)nc3)c(F)c2)C(=O)O1. The topological polar surface area (TPSA) is 86.2 Å². The summed E-state index contributed by atoms with van der Waals surface area (Å²) in [6, 6.07) is 8.20. The molecule has 1 aromatic heterocycles. The normalized spacial score (nSPS) is 19.5. The Morgan fingerprint density at radius 1 is 1.26 bits per heavy atom. The van der Waals surface area contributed by atoms with Crippen LogP contribution in [0.1, 0.15) is 19.8 Å². The summed E-state index contributed by atoms with van der Waals surface area (Å²) < 4.78 is 20.1. The van der Waals surface area contributed by atoms with E-state index in [4.69, 9.17) is 4.74 Å². The second-order valence-corrected chi connectivity index (χ2v) is 7.87. The number of carbonyl (C=O) groups is 2. The number of nitrogens with zero attached hydrogens (tertiary/aromatic N) is 4. The van der Waals surface area contributed by atoms with Gasteiger partial charge >= 0.3 is 6.09 Å². The molecule has 1 atom stereocenters. The molecule has 2 aromatic rings. The summed E-state index contributed by atoms with van der Waals surface area (Å²) in [7, 11) is 1.55. The maximum atomic E-state index is 14.9. The number of aliphatic hydroxyl groups excluding tert-OH is 1. The highest BCUT2D eigenvalue weighted by atomic mass is 19.1. The predicted octanol–water partition coefficient (Wildman–Crippen LogP) is 2.61. The number of ether oxygens (including phenoxy) is 1. The molecule has 164 valence electrons. The summed E-state index contributed by atoms with van der Waals surface area (Å²) in [5.41, 5.74) is 1.37. The zero-order valence-corrected chi connectivity index (χ0v) is 17.5. The lowest BCUT2D eigenvalue weighted by Crippen LogP contribution is -2.38. The Balaban J connectivity index is 1.49. The lowest BCUT2D eigenvalue weighted by atomic mass is 10.1. The zero-order chi connectivity index (χ0) is 22.1. The fourth-order valence-electron chi connectivity index (χ4n) is 3.80. The third-order valence-electron chi connectivity index (χ3n) is 5.84. The van der Waals surface area contributed by atoms with Gasteiger partial charge in [-0.15, -0.1) is 0 Å². The molecule has 1 aromatic carbocycles. The Kier molecular flexibility index (Phi) is 5.77. The number of hydrogen-bond donors (Lipinski definition) is 1. The highest BCUT2D eigenvalue weighted by Gasteiger charge is 2.36. The molecule has 0 unspecified atom stereocenters. The van der Waals surface area contributed by atoms with Gasteiger partial charge in [0.1, 0.15) is 11.6 Å². The Morgan fingerprint density at radius 2 is 2.00 bits per heavy atom. The third kappa shape index (κ3) is 4.32. The van der Waals surface area contributed by atoms with E-state index in [9.17, 15) is 19.1 Å². The van der Waals surface area contributed by atoms with Gasteiger partial charge in [-0.1, -0.05) is 0 Å². The first-order valence-electron chi connectivity index (χ1n) is 10.2. The molecule has 2 aliphatic heterocycles. The number of halogens is 1. The number of carbonyl (C=O) groups excluding carboxylic acids is 2. The van der Waals surface area contributed by atoms with E-state index in [1.54, 1.807) is 25.4 Å². The van der Waals surface area contributed by atoms with E-state index in [1.807, 2.05) is 12.1 Å². The van der Waals surface area contributed by atoms with Crippen molar-refractivity contribution >= 4 is 23.5 Å². The van der Waals surface area contributed by atoms with E-state index in [2.05, 4.69) is 9.88 Å². The summed E-state index contributed by atoms with van der Waals surface area (Å²) in [5, 5.41) is 9.64. The molecule has 2 saturated heterocycles. The molecule has 0 bridgehead atoms. The minimum atomic E-state index is -0.708. The standard InChI is InChI=1S/C22H25FN4O4/c1-14(28)25(2)21-13-27(22(30)31-21)16-4-5-18(19(23)11-16)15-3-6-20(24-12-15)26-9-7-17(29)8-10-26/h3-6,11-12,17,21,29H,7-10,13H2,1-2H3/t21-/m0/s1. The van der Waals surface area contributed by atoms with Crippen LogP contribution in [0.2, 0.25) is 0 Å². The molecule has 0 radical (unpaired) electrons. The van der Waals surface area contributed by atoms with Gasteiger partial charge in [0.05, 0.1) is 18.3 Å². The van der Waals surface area contributed by atoms with Crippen molar-refractivity contribution in [1.82, 2.24) is 9.88 Å². The van der Waals surface area contributed by atoms with Crippen molar-refractivity contribution in [3.05, 3.63) is 42.3 Å². The molecule has 3 heterocycles. The van der Waals surface area contributed by atoms with Crippen LogP contribution in [0, 0.1) is 5.82 Å². The number of anilines is 2. The average Bonchev–Trinajstić information content (AvgIpc) is 3.15. The minimum absolute atomic E-state index is 0.133. The second-order valence-electron chi connectivity index (χ2n) is 7.87. The minimum Gasteiger partial charge on any atom is -0.423 e. The van der Waals surface area contributed by atoms with Crippen molar-refractivity contribution < 1.29 is 23.8 Å². The Morgan fingerprint density at radius 3 is 2.61 bits per heavy atom. The number of benzene rings is 1. The van der Waals surface area contributed by atoms with Gasteiger partial charge in [-0.25, -0.2) is 14.2 Å². The third-order valence-corrected chi connectivity index (χ3v) is 5.84. The van der Waals surface area contributed by atoms with Crippen LogP contribution in [-0.2, 0) is 9.53 Å². The lowest BCUT2D eigenvalue weighted by Gasteiger charge is -2.30. The highest BCUT2D eigenvalue weighted by molar-refractivity contribution is 5.90. The number of hydrogen-bond acceptors (Lipinski definition) is 6. The highest BCUT2D eigenvalue weighted by Crippen LogP contribution is 2.30. The molecule has 2 amide bonds. The molecular weight excluding hydrogens is 403 g/mol. The van der Waals surface area contributed by atoms with Crippen molar-refractivity contribution in [2.75, 3.05) is 36.5 Å². The van der Waals surface area contributed by atoms with Crippen molar-refractivity contribution in [3.63, 3.8) is 0 Å². The number of amides is 2. The van der Waals surface area contributed by atoms with E-state index in [1.165, 1.54) is 22.8 Å². The predicted molar refractivity (Wildman–Crippen MR) is 113 cm³/mol. The number of aliphatic hydroxyl groups is 1. The van der Waals surface area contributed by atoms with Crippen LogP contribution in [0.15, 0.2) is 36.5 Å². The molecule has 0 saturated carbocycles. The van der Waals surface area contributed by atoms with Gasteiger partial charge in [-0.3, -0.25) is 9.69 Å². The van der Waals surface area contributed by atoms with Gasteiger partial charge < -0.3 is 19.6 Å². The van der Waals surface area contributed by atoms with Crippen molar-refractivity contribution in [3.8, 4) is 11.1 Å². The van der Waals surface area contributed by atoms with Gasteiger partial charge in [0.15, 0.2) is 6.23 Å². The smallest absolute Gasteiger partial charge is 0.416 e. The van der Waals surface area contributed by atoms with E-state index in [-0.39, 0.29) is 18.6 Å². The van der Waals surface area contributed by atoms with Crippen LogP contribution < -0.4 is 9.80 Å². The summed E-state index contributed by atoms with van der Waals surface area (Å²) in [6.07, 6.45) is 1.46. The second kappa shape index (κ2) is 8.50. The molecule has 1 N–H and O–H groups in total. The van der Waals surface area contributed by atoms with Crippen LogP contribution in [0.4, 0.5) is 20.7 Å². The van der Waals surface area contributed by atoms with Crippen LogP contribution >= 0.6 is 0 Å². The number of likely N-dealkylation sites (N-methyl/N-ethyl adjacent to an activating group) is 1. The maximum absolute atomic E-state index is 14.9.